The highest BCUT2D eigenvalue weighted by molar-refractivity contribution is 7.07. The Morgan fingerprint density at radius 2 is 2.32 bits per heavy atom. The van der Waals surface area contributed by atoms with Crippen LogP contribution in [0.5, 0.6) is 0 Å². The fraction of sp³-hybridized carbons (Fsp3) is 0.600. The highest BCUT2D eigenvalue weighted by Gasteiger charge is 2.32. The van der Waals surface area contributed by atoms with Crippen LogP contribution in [-0.4, -0.2) is 38.3 Å². The van der Waals surface area contributed by atoms with Gasteiger partial charge in [-0.3, -0.25) is 4.99 Å². The van der Waals surface area contributed by atoms with Crippen molar-refractivity contribution in [3.63, 3.8) is 0 Å². The van der Waals surface area contributed by atoms with E-state index in [1.165, 1.54) is 5.56 Å². The molecule has 1 amide bonds. The molecule has 1 heterocycles. The summed E-state index contributed by atoms with van der Waals surface area (Å²) in [6.07, 6.45) is 1.96. The largest absolute Gasteiger partial charge is 0.450 e. The maximum absolute atomic E-state index is 11.6. The highest BCUT2D eigenvalue weighted by atomic mass is 32.1. The molecule has 0 saturated heterocycles. The number of guanidine groups is 1. The molecule has 122 valence electrons. The van der Waals surface area contributed by atoms with Gasteiger partial charge in [-0.1, -0.05) is 0 Å². The van der Waals surface area contributed by atoms with Gasteiger partial charge in [-0.2, -0.15) is 11.3 Å². The summed E-state index contributed by atoms with van der Waals surface area (Å²) in [5, 5.41) is 13.6. The van der Waals surface area contributed by atoms with E-state index < -0.39 is 0 Å². The van der Waals surface area contributed by atoms with Gasteiger partial charge in [0.1, 0.15) is 0 Å². The van der Waals surface area contributed by atoms with Gasteiger partial charge in [0.15, 0.2) is 5.96 Å². The molecule has 1 saturated carbocycles. The summed E-state index contributed by atoms with van der Waals surface area (Å²) in [5.74, 6) is 1.27. The second-order valence-corrected chi connectivity index (χ2v) is 6.03. The van der Waals surface area contributed by atoms with Crippen molar-refractivity contribution < 1.29 is 9.53 Å². The van der Waals surface area contributed by atoms with Crippen molar-refractivity contribution in [3.05, 3.63) is 22.4 Å². The molecule has 2 rings (SSSR count). The Bertz CT molecular complexity index is 486. The van der Waals surface area contributed by atoms with Crippen LogP contribution in [0.2, 0.25) is 0 Å². The molecule has 1 aliphatic carbocycles. The highest BCUT2D eigenvalue weighted by Crippen LogP contribution is 2.32. The summed E-state index contributed by atoms with van der Waals surface area (Å²) < 4.78 is 4.96. The van der Waals surface area contributed by atoms with Crippen LogP contribution in [0.3, 0.4) is 0 Å². The number of hydrogen-bond donors (Lipinski definition) is 3. The summed E-state index contributed by atoms with van der Waals surface area (Å²) in [6.45, 7) is 3.58. The smallest absolute Gasteiger partial charge is 0.407 e. The van der Waals surface area contributed by atoms with Gasteiger partial charge in [0.25, 0.3) is 0 Å². The maximum atomic E-state index is 11.6. The molecule has 0 radical (unpaired) electrons. The van der Waals surface area contributed by atoms with Gasteiger partial charge in [0.2, 0.25) is 0 Å². The van der Waals surface area contributed by atoms with E-state index in [4.69, 9.17) is 4.74 Å². The molecule has 0 spiro atoms. The Balaban J connectivity index is 1.75. The number of carbonyl (C=O) groups excluding carboxylic acids is 1. The van der Waals surface area contributed by atoms with Crippen molar-refractivity contribution in [2.75, 3.05) is 20.2 Å². The standard InChI is InChI=1S/C15H24N4O2S/c1-3-21-15(20)19-13(12-4-5-12)9-18-14(16-2)17-8-11-6-7-22-10-11/h6-7,10,12-13H,3-5,8-9H2,1-2H3,(H,19,20)(H2,16,17,18). The monoisotopic (exact) mass is 324 g/mol. The van der Waals surface area contributed by atoms with E-state index in [1.807, 2.05) is 0 Å². The number of alkyl carbamates (subject to hydrolysis) is 1. The average Bonchev–Trinajstić information content (AvgIpc) is 3.23. The van der Waals surface area contributed by atoms with Gasteiger partial charge in [0, 0.05) is 20.1 Å². The SMILES string of the molecule is CCOC(=O)NC(CNC(=NC)NCc1ccsc1)C1CC1. The second-order valence-electron chi connectivity index (χ2n) is 5.25. The Morgan fingerprint density at radius 3 is 2.91 bits per heavy atom. The van der Waals surface area contributed by atoms with E-state index in [-0.39, 0.29) is 12.1 Å². The van der Waals surface area contributed by atoms with E-state index in [0.717, 1.165) is 25.3 Å². The second kappa shape index (κ2) is 8.63. The Morgan fingerprint density at radius 1 is 1.50 bits per heavy atom. The minimum absolute atomic E-state index is 0.0822. The topological polar surface area (TPSA) is 74.8 Å². The first-order valence-electron chi connectivity index (χ1n) is 7.61. The summed E-state index contributed by atoms with van der Waals surface area (Å²) in [7, 11) is 1.74. The summed E-state index contributed by atoms with van der Waals surface area (Å²) in [6, 6.07) is 2.17. The number of amides is 1. The van der Waals surface area contributed by atoms with E-state index in [2.05, 4.69) is 37.8 Å². The molecule has 1 fully saturated rings. The van der Waals surface area contributed by atoms with Gasteiger partial charge in [-0.25, -0.2) is 4.79 Å². The lowest BCUT2D eigenvalue weighted by atomic mass is 10.2. The molecule has 0 aliphatic heterocycles. The minimum atomic E-state index is -0.345. The molecule has 22 heavy (non-hydrogen) atoms. The molecule has 1 atom stereocenters. The predicted molar refractivity (Wildman–Crippen MR) is 89.2 cm³/mol. The van der Waals surface area contributed by atoms with Gasteiger partial charge in [-0.15, -0.1) is 0 Å². The van der Waals surface area contributed by atoms with Gasteiger partial charge < -0.3 is 20.7 Å². The molecular formula is C15H24N4O2S. The Labute approximate surface area is 135 Å². The molecular weight excluding hydrogens is 300 g/mol. The van der Waals surface area contributed by atoms with Gasteiger partial charge >= 0.3 is 6.09 Å². The van der Waals surface area contributed by atoms with Crippen LogP contribution in [0.25, 0.3) is 0 Å². The average molecular weight is 324 g/mol. The van der Waals surface area contributed by atoms with Crippen molar-refractivity contribution >= 4 is 23.4 Å². The molecule has 3 N–H and O–H groups in total. The van der Waals surface area contributed by atoms with E-state index >= 15 is 0 Å². The number of rotatable bonds is 7. The number of hydrogen-bond acceptors (Lipinski definition) is 4. The third-order valence-corrected chi connectivity index (χ3v) is 4.25. The lowest BCUT2D eigenvalue weighted by Crippen LogP contribution is -2.48. The van der Waals surface area contributed by atoms with Crippen molar-refractivity contribution in [1.82, 2.24) is 16.0 Å². The summed E-state index contributed by atoms with van der Waals surface area (Å²) in [4.78, 5) is 15.8. The molecule has 1 aromatic rings. The minimum Gasteiger partial charge on any atom is -0.450 e. The van der Waals surface area contributed by atoms with Crippen molar-refractivity contribution in [2.45, 2.75) is 32.4 Å². The zero-order chi connectivity index (χ0) is 15.8. The molecule has 0 aromatic carbocycles. The number of nitrogens with zero attached hydrogens (tertiary/aromatic N) is 1. The van der Waals surface area contributed by atoms with Crippen LogP contribution in [0.4, 0.5) is 4.79 Å². The van der Waals surface area contributed by atoms with E-state index in [9.17, 15) is 4.79 Å². The molecule has 7 heteroatoms. The van der Waals surface area contributed by atoms with Crippen molar-refractivity contribution in [1.29, 1.82) is 0 Å². The Kier molecular flexibility index (Phi) is 6.51. The lowest BCUT2D eigenvalue weighted by molar-refractivity contribution is 0.146. The lowest BCUT2D eigenvalue weighted by Gasteiger charge is -2.20. The molecule has 1 unspecified atom stereocenters. The number of nitrogens with one attached hydrogen (secondary N) is 3. The van der Waals surface area contributed by atoms with Crippen LogP contribution in [0.1, 0.15) is 25.3 Å². The maximum Gasteiger partial charge on any atom is 0.407 e. The predicted octanol–water partition coefficient (Wildman–Crippen LogP) is 1.94. The van der Waals surface area contributed by atoms with Crippen LogP contribution in [0, 0.1) is 5.92 Å². The fourth-order valence-electron chi connectivity index (χ4n) is 2.16. The molecule has 1 aromatic heterocycles. The quantitative estimate of drug-likeness (QED) is 0.529. The van der Waals surface area contributed by atoms with Crippen molar-refractivity contribution in [2.24, 2.45) is 10.9 Å². The molecule has 0 bridgehead atoms. The van der Waals surface area contributed by atoms with E-state index in [1.54, 1.807) is 25.3 Å². The number of aliphatic imine (C=N–C) groups is 1. The van der Waals surface area contributed by atoms with Crippen LogP contribution in [0.15, 0.2) is 21.8 Å². The Hall–Kier alpha value is -1.76. The third kappa shape index (κ3) is 5.55. The van der Waals surface area contributed by atoms with Crippen molar-refractivity contribution in [3.8, 4) is 0 Å². The summed E-state index contributed by atoms with van der Waals surface area (Å²) in [5.41, 5.74) is 1.23. The first-order valence-corrected chi connectivity index (χ1v) is 8.56. The van der Waals surface area contributed by atoms with Crippen LogP contribution in [-0.2, 0) is 11.3 Å². The zero-order valence-corrected chi connectivity index (χ0v) is 13.9. The van der Waals surface area contributed by atoms with Gasteiger partial charge in [-0.05, 0) is 48.1 Å². The zero-order valence-electron chi connectivity index (χ0n) is 13.1. The first kappa shape index (κ1) is 16.6. The molecule has 1 aliphatic rings. The number of carbonyl (C=O) groups is 1. The normalized spacial score (nSPS) is 16.0. The summed E-state index contributed by atoms with van der Waals surface area (Å²) >= 11 is 1.68. The van der Waals surface area contributed by atoms with Gasteiger partial charge in [0.05, 0.1) is 12.6 Å². The van der Waals surface area contributed by atoms with Crippen LogP contribution >= 0.6 is 11.3 Å². The molecule has 6 nitrogen and oxygen atoms in total. The number of thiophene rings is 1. The fourth-order valence-corrected chi connectivity index (χ4v) is 2.83. The van der Waals surface area contributed by atoms with E-state index in [0.29, 0.717) is 19.1 Å². The number of ether oxygens (including phenoxy) is 1. The van der Waals surface area contributed by atoms with Crippen LogP contribution < -0.4 is 16.0 Å². The first-order chi connectivity index (χ1) is 10.7. The third-order valence-electron chi connectivity index (χ3n) is 3.52.